The molecule has 3 amide bonds. The van der Waals surface area contributed by atoms with E-state index in [1.165, 1.54) is 7.11 Å². The molecule has 1 saturated heterocycles. The van der Waals surface area contributed by atoms with Crippen molar-refractivity contribution in [3.63, 3.8) is 0 Å². The number of furan rings is 1. The van der Waals surface area contributed by atoms with E-state index in [9.17, 15) is 14.4 Å². The summed E-state index contributed by atoms with van der Waals surface area (Å²) in [5.74, 6) is 0.390. The molecule has 0 unspecified atom stereocenters. The van der Waals surface area contributed by atoms with Crippen LogP contribution in [0.3, 0.4) is 0 Å². The van der Waals surface area contributed by atoms with Gasteiger partial charge in [0.05, 0.1) is 13.7 Å². The first-order valence-electron chi connectivity index (χ1n) is 8.55. The van der Waals surface area contributed by atoms with Crippen molar-refractivity contribution in [2.24, 2.45) is 0 Å². The summed E-state index contributed by atoms with van der Waals surface area (Å²) in [6.45, 7) is 3.31. The number of imide groups is 1. The number of urea groups is 1. The molecule has 1 aromatic heterocycles. The Morgan fingerprint density at radius 1 is 1.25 bits per heavy atom. The number of esters is 1. The zero-order valence-corrected chi connectivity index (χ0v) is 15.5. The minimum absolute atomic E-state index is 0.0445. The number of nitrogens with zero attached hydrogens (tertiary/aromatic N) is 1. The Labute approximate surface area is 160 Å². The van der Waals surface area contributed by atoms with Gasteiger partial charge in [0.1, 0.15) is 11.3 Å². The maximum atomic E-state index is 13.1. The summed E-state index contributed by atoms with van der Waals surface area (Å²) >= 11 is 0. The SMILES string of the molecule is COC(=O)c1oc(CN2C(=O)N[C@@](C)(c3ccc4c(c3)OCO4)C2=O)cc1C. The lowest BCUT2D eigenvalue weighted by molar-refractivity contribution is -0.131. The molecule has 1 N–H and O–H groups in total. The highest BCUT2D eigenvalue weighted by Crippen LogP contribution is 2.38. The van der Waals surface area contributed by atoms with Gasteiger partial charge in [-0.05, 0) is 37.6 Å². The quantitative estimate of drug-likeness (QED) is 0.633. The summed E-state index contributed by atoms with van der Waals surface area (Å²) < 4.78 is 20.8. The molecule has 28 heavy (non-hydrogen) atoms. The zero-order valence-electron chi connectivity index (χ0n) is 15.5. The second-order valence-corrected chi connectivity index (χ2v) is 6.73. The Kier molecular flexibility index (Phi) is 4.02. The number of methoxy groups -OCH3 is 1. The van der Waals surface area contributed by atoms with E-state index in [1.807, 2.05) is 0 Å². The zero-order chi connectivity index (χ0) is 20.1. The van der Waals surface area contributed by atoms with Crippen molar-refractivity contribution in [1.29, 1.82) is 0 Å². The minimum Gasteiger partial charge on any atom is -0.463 e. The number of aryl methyl sites for hydroxylation is 1. The van der Waals surface area contributed by atoms with Gasteiger partial charge in [0, 0.05) is 5.56 Å². The summed E-state index contributed by atoms with van der Waals surface area (Å²) in [7, 11) is 1.25. The molecule has 0 spiro atoms. The van der Waals surface area contributed by atoms with Crippen molar-refractivity contribution >= 4 is 17.9 Å². The Bertz CT molecular complexity index is 996. The molecule has 1 atom stereocenters. The number of nitrogens with one attached hydrogen (secondary N) is 1. The molecule has 0 radical (unpaired) electrons. The van der Waals surface area contributed by atoms with Gasteiger partial charge in [-0.25, -0.2) is 9.59 Å². The summed E-state index contributed by atoms with van der Waals surface area (Å²) in [4.78, 5) is 38.3. The maximum absolute atomic E-state index is 13.1. The fourth-order valence-corrected chi connectivity index (χ4v) is 3.32. The van der Waals surface area contributed by atoms with E-state index in [0.717, 1.165) is 4.90 Å². The molecular weight excluding hydrogens is 368 g/mol. The average molecular weight is 386 g/mol. The van der Waals surface area contributed by atoms with E-state index in [4.69, 9.17) is 13.9 Å². The van der Waals surface area contributed by atoms with Gasteiger partial charge >= 0.3 is 12.0 Å². The lowest BCUT2D eigenvalue weighted by atomic mass is 9.91. The first-order chi connectivity index (χ1) is 13.3. The van der Waals surface area contributed by atoms with Crippen LogP contribution in [0.25, 0.3) is 0 Å². The Morgan fingerprint density at radius 2 is 2.00 bits per heavy atom. The lowest BCUT2D eigenvalue weighted by Gasteiger charge is -2.22. The van der Waals surface area contributed by atoms with Crippen molar-refractivity contribution in [2.75, 3.05) is 13.9 Å². The summed E-state index contributed by atoms with van der Waals surface area (Å²) in [6.07, 6.45) is 0. The van der Waals surface area contributed by atoms with Gasteiger partial charge in [-0.3, -0.25) is 9.69 Å². The fourth-order valence-electron chi connectivity index (χ4n) is 3.32. The van der Waals surface area contributed by atoms with Crippen molar-refractivity contribution in [3.05, 3.63) is 46.9 Å². The van der Waals surface area contributed by atoms with Crippen LogP contribution in [-0.4, -0.2) is 36.7 Å². The number of amides is 3. The number of benzene rings is 1. The van der Waals surface area contributed by atoms with Gasteiger partial charge in [-0.1, -0.05) is 6.07 Å². The van der Waals surface area contributed by atoms with Crippen molar-refractivity contribution < 1.29 is 33.0 Å². The number of carbonyl (C=O) groups is 3. The average Bonchev–Trinajstić information content (AvgIpc) is 3.34. The number of rotatable bonds is 4. The van der Waals surface area contributed by atoms with E-state index >= 15 is 0 Å². The predicted octanol–water partition coefficient (Wildman–Crippen LogP) is 2.07. The number of fused-ring (bicyclic) bond motifs is 1. The maximum Gasteiger partial charge on any atom is 0.374 e. The van der Waals surface area contributed by atoms with Gasteiger partial charge < -0.3 is 23.9 Å². The van der Waals surface area contributed by atoms with Crippen molar-refractivity contribution in [2.45, 2.75) is 25.9 Å². The molecule has 1 aromatic carbocycles. The molecule has 0 saturated carbocycles. The van der Waals surface area contributed by atoms with E-state index in [-0.39, 0.29) is 19.1 Å². The minimum atomic E-state index is -1.26. The number of hydrogen-bond acceptors (Lipinski definition) is 7. The number of carbonyl (C=O) groups excluding carboxylic acids is 3. The van der Waals surface area contributed by atoms with Gasteiger partial charge in [-0.15, -0.1) is 0 Å². The van der Waals surface area contributed by atoms with Crippen LogP contribution in [0.1, 0.15) is 34.4 Å². The summed E-state index contributed by atoms with van der Waals surface area (Å²) in [5.41, 5.74) is -0.124. The predicted molar refractivity (Wildman–Crippen MR) is 93.8 cm³/mol. The molecule has 2 aliphatic heterocycles. The van der Waals surface area contributed by atoms with E-state index in [1.54, 1.807) is 38.1 Å². The first-order valence-corrected chi connectivity index (χ1v) is 8.55. The third-order valence-corrected chi connectivity index (χ3v) is 4.88. The van der Waals surface area contributed by atoms with E-state index in [2.05, 4.69) is 10.1 Å². The van der Waals surface area contributed by atoms with Crippen LogP contribution in [0.4, 0.5) is 4.79 Å². The molecular formula is C19H18N2O7. The van der Waals surface area contributed by atoms with Crippen LogP contribution in [0, 0.1) is 6.92 Å². The highest BCUT2D eigenvalue weighted by Gasteiger charge is 2.49. The van der Waals surface area contributed by atoms with Crippen LogP contribution >= 0.6 is 0 Å². The number of ether oxygens (including phenoxy) is 3. The fraction of sp³-hybridized carbons (Fsp3) is 0.316. The van der Waals surface area contributed by atoms with Crippen LogP contribution in [-0.2, 0) is 21.6 Å². The highest BCUT2D eigenvalue weighted by atomic mass is 16.7. The third-order valence-electron chi connectivity index (χ3n) is 4.88. The standard InChI is InChI=1S/C19H18N2O7/c1-10-6-12(28-15(10)16(22)25-3)8-21-17(23)19(2,20-18(21)24)11-4-5-13-14(7-11)27-9-26-13/h4-7H,8-9H2,1-3H3,(H,20,24)/t19-/m0/s1. The van der Waals surface area contributed by atoms with Crippen LogP contribution in [0.2, 0.25) is 0 Å². The molecule has 9 nitrogen and oxygen atoms in total. The lowest BCUT2D eigenvalue weighted by Crippen LogP contribution is -2.40. The molecule has 0 aliphatic carbocycles. The topological polar surface area (TPSA) is 107 Å². The van der Waals surface area contributed by atoms with Gasteiger partial charge in [0.15, 0.2) is 11.5 Å². The monoisotopic (exact) mass is 386 g/mol. The van der Waals surface area contributed by atoms with Gasteiger partial charge in [0.2, 0.25) is 12.6 Å². The Hall–Kier alpha value is -3.49. The Balaban J connectivity index is 1.60. The first kappa shape index (κ1) is 17.9. The summed E-state index contributed by atoms with van der Waals surface area (Å²) in [5, 5.41) is 2.72. The summed E-state index contributed by atoms with van der Waals surface area (Å²) in [6, 6.07) is 6.13. The third kappa shape index (κ3) is 2.67. The molecule has 4 rings (SSSR count). The van der Waals surface area contributed by atoms with Crippen LogP contribution in [0.5, 0.6) is 11.5 Å². The molecule has 2 aliphatic rings. The smallest absolute Gasteiger partial charge is 0.374 e. The molecule has 3 heterocycles. The van der Waals surface area contributed by atoms with Crippen molar-refractivity contribution in [1.82, 2.24) is 10.2 Å². The van der Waals surface area contributed by atoms with Crippen molar-refractivity contribution in [3.8, 4) is 11.5 Å². The molecule has 1 fully saturated rings. The van der Waals surface area contributed by atoms with Crippen LogP contribution in [0.15, 0.2) is 28.7 Å². The molecule has 146 valence electrons. The van der Waals surface area contributed by atoms with Crippen LogP contribution < -0.4 is 14.8 Å². The Morgan fingerprint density at radius 3 is 2.75 bits per heavy atom. The molecule has 9 heteroatoms. The normalized spacial score (nSPS) is 20.5. The number of hydrogen-bond donors (Lipinski definition) is 1. The molecule has 0 bridgehead atoms. The highest BCUT2D eigenvalue weighted by molar-refractivity contribution is 6.07. The van der Waals surface area contributed by atoms with Gasteiger partial charge in [-0.2, -0.15) is 0 Å². The van der Waals surface area contributed by atoms with Gasteiger partial charge in [0.25, 0.3) is 5.91 Å². The van der Waals surface area contributed by atoms with E-state index < -0.39 is 23.4 Å². The van der Waals surface area contributed by atoms with E-state index in [0.29, 0.717) is 28.4 Å². The second-order valence-electron chi connectivity index (χ2n) is 6.73. The largest absolute Gasteiger partial charge is 0.463 e. The molecule has 2 aromatic rings. The second kappa shape index (κ2) is 6.29.